The number of hydrogen-bond acceptors (Lipinski definition) is 1. The first-order valence-electron chi connectivity index (χ1n) is 5.60. The minimum atomic E-state index is 0.661. The molecule has 2 bridgehead atoms. The lowest BCUT2D eigenvalue weighted by Crippen LogP contribution is -2.16. The second kappa shape index (κ2) is 7.60. The van der Waals surface area contributed by atoms with Crippen LogP contribution in [0.5, 0.6) is 0 Å². The predicted molar refractivity (Wildman–Crippen MR) is 54.4 cm³/mol. The lowest BCUT2D eigenvalue weighted by atomic mass is 10.1. The highest BCUT2D eigenvalue weighted by atomic mass is 16.5. The summed E-state index contributed by atoms with van der Waals surface area (Å²) in [6.45, 7) is 8.00. The Morgan fingerprint density at radius 1 is 0.750 bits per heavy atom. The van der Waals surface area contributed by atoms with Gasteiger partial charge in [0, 0.05) is 0 Å². The molecule has 2 heterocycles. The Hall–Kier alpha value is -0.0400. The molecule has 12 heavy (non-hydrogen) atoms. The molecule has 0 aromatic heterocycles. The molecule has 0 spiro atoms. The second-order valence-corrected chi connectivity index (χ2v) is 2.89. The zero-order valence-corrected chi connectivity index (χ0v) is 9.10. The van der Waals surface area contributed by atoms with Gasteiger partial charge in [0.2, 0.25) is 0 Å². The van der Waals surface area contributed by atoms with E-state index in [1.807, 2.05) is 27.7 Å². The molecule has 2 rings (SSSR count). The SMILES string of the molecule is C1CC2CCC(C1)O2.CC.CC. The zero-order valence-electron chi connectivity index (χ0n) is 9.10. The Morgan fingerprint density at radius 2 is 1.17 bits per heavy atom. The highest BCUT2D eigenvalue weighted by Crippen LogP contribution is 2.31. The molecule has 0 radical (unpaired) electrons. The third kappa shape index (κ3) is 3.57. The van der Waals surface area contributed by atoms with E-state index in [9.17, 15) is 0 Å². The van der Waals surface area contributed by atoms with E-state index in [0.717, 1.165) is 0 Å². The summed E-state index contributed by atoms with van der Waals surface area (Å²) in [7, 11) is 0. The molecule has 74 valence electrons. The average molecular weight is 172 g/mol. The van der Waals surface area contributed by atoms with Crippen LogP contribution in [0.4, 0.5) is 0 Å². The maximum Gasteiger partial charge on any atom is 0.0579 e. The lowest BCUT2D eigenvalue weighted by Gasteiger charge is -2.18. The highest BCUT2D eigenvalue weighted by molar-refractivity contribution is 4.78. The molecule has 2 atom stereocenters. The van der Waals surface area contributed by atoms with Crippen LogP contribution in [0, 0.1) is 0 Å². The fourth-order valence-corrected chi connectivity index (χ4v) is 1.78. The Balaban J connectivity index is 0.000000269. The standard InChI is InChI=1S/C7H12O.2C2H6/c1-2-6-4-5-7(3-1)8-6;2*1-2/h6-7H,1-5H2;2*1-2H3. The summed E-state index contributed by atoms with van der Waals surface area (Å²) in [5.41, 5.74) is 0. The van der Waals surface area contributed by atoms with Gasteiger partial charge >= 0.3 is 0 Å². The van der Waals surface area contributed by atoms with Crippen molar-refractivity contribution in [2.24, 2.45) is 0 Å². The summed E-state index contributed by atoms with van der Waals surface area (Å²) in [6, 6.07) is 0. The minimum Gasteiger partial charge on any atom is -0.375 e. The second-order valence-electron chi connectivity index (χ2n) is 2.89. The summed E-state index contributed by atoms with van der Waals surface area (Å²) in [5.74, 6) is 0. The first kappa shape index (κ1) is 12.0. The third-order valence-corrected chi connectivity index (χ3v) is 2.25. The van der Waals surface area contributed by atoms with E-state index in [1.54, 1.807) is 0 Å². The van der Waals surface area contributed by atoms with E-state index < -0.39 is 0 Å². The topological polar surface area (TPSA) is 9.23 Å². The van der Waals surface area contributed by atoms with Crippen molar-refractivity contribution in [1.82, 2.24) is 0 Å². The van der Waals surface area contributed by atoms with E-state index in [4.69, 9.17) is 4.74 Å². The summed E-state index contributed by atoms with van der Waals surface area (Å²) in [6.07, 6.45) is 8.07. The quantitative estimate of drug-likeness (QED) is 0.540. The van der Waals surface area contributed by atoms with Gasteiger partial charge in [0.1, 0.15) is 0 Å². The maximum absolute atomic E-state index is 5.60. The van der Waals surface area contributed by atoms with Crippen LogP contribution in [0.1, 0.15) is 59.8 Å². The molecule has 1 heteroatoms. The van der Waals surface area contributed by atoms with Gasteiger partial charge in [-0.1, -0.05) is 27.7 Å². The Bertz CT molecular complexity index is 77.0. The smallest absolute Gasteiger partial charge is 0.0579 e. The van der Waals surface area contributed by atoms with Crippen LogP contribution in [0.15, 0.2) is 0 Å². The van der Waals surface area contributed by atoms with Crippen LogP contribution in [-0.2, 0) is 4.74 Å². The molecule has 2 aliphatic rings. The van der Waals surface area contributed by atoms with Crippen LogP contribution in [0.2, 0.25) is 0 Å². The monoisotopic (exact) mass is 172 g/mol. The van der Waals surface area contributed by atoms with Gasteiger partial charge in [-0.05, 0) is 32.1 Å². The Kier molecular flexibility index (Phi) is 7.58. The predicted octanol–water partition coefficient (Wildman–Crippen LogP) is 3.77. The molecule has 0 amide bonds. The van der Waals surface area contributed by atoms with E-state index >= 15 is 0 Å². The first-order chi connectivity index (χ1) is 5.95. The summed E-state index contributed by atoms with van der Waals surface area (Å²) < 4.78 is 5.60. The van der Waals surface area contributed by atoms with Crippen molar-refractivity contribution in [3.8, 4) is 0 Å². The molecule has 2 unspecified atom stereocenters. The van der Waals surface area contributed by atoms with E-state index in [2.05, 4.69) is 0 Å². The number of hydrogen-bond donors (Lipinski definition) is 0. The summed E-state index contributed by atoms with van der Waals surface area (Å²) >= 11 is 0. The molecule has 2 aliphatic heterocycles. The fourth-order valence-electron chi connectivity index (χ4n) is 1.78. The molecule has 0 aromatic carbocycles. The van der Waals surface area contributed by atoms with Crippen LogP contribution in [0.25, 0.3) is 0 Å². The normalized spacial score (nSPS) is 31.0. The van der Waals surface area contributed by atoms with Crippen LogP contribution in [-0.4, -0.2) is 12.2 Å². The first-order valence-corrected chi connectivity index (χ1v) is 5.60. The average Bonchev–Trinajstić information content (AvgIpc) is 2.52. The Morgan fingerprint density at radius 3 is 1.50 bits per heavy atom. The van der Waals surface area contributed by atoms with Gasteiger partial charge in [0.05, 0.1) is 12.2 Å². The molecule has 0 aliphatic carbocycles. The minimum absolute atomic E-state index is 0.661. The van der Waals surface area contributed by atoms with E-state index in [0.29, 0.717) is 12.2 Å². The molecule has 0 saturated carbocycles. The molecular weight excluding hydrogens is 148 g/mol. The molecule has 0 N–H and O–H groups in total. The van der Waals surface area contributed by atoms with Crippen molar-refractivity contribution in [1.29, 1.82) is 0 Å². The van der Waals surface area contributed by atoms with Crippen molar-refractivity contribution in [2.45, 2.75) is 72.0 Å². The van der Waals surface area contributed by atoms with E-state index in [-0.39, 0.29) is 0 Å². The highest BCUT2D eigenvalue weighted by Gasteiger charge is 2.28. The number of ether oxygens (including phenoxy) is 1. The fraction of sp³-hybridized carbons (Fsp3) is 1.00. The van der Waals surface area contributed by atoms with Gasteiger partial charge in [0.25, 0.3) is 0 Å². The molecule has 2 saturated heterocycles. The molecule has 1 nitrogen and oxygen atoms in total. The molecule has 2 fully saturated rings. The van der Waals surface area contributed by atoms with Gasteiger partial charge in [0.15, 0.2) is 0 Å². The van der Waals surface area contributed by atoms with Crippen molar-refractivity contribution in [3.05, 3.63) is 0 Å². The van der Waals surface area contributed by atoms with Crippen LogP contribution >= 0.6 is 0 Å². The van der Waals surface area contributed by atoms with Crippen LogP contribution in [0.3, 0.4) is 0 Å². The summed E-state index contributed by atoms with van der Waals surface area (Å²) in [4.78, 5) is 0. The maximum atomic E-state index is 5.60. The lowest BCUT2D eigenvalue weighted by molar-refractivity contribution is 0.00575. The number of fused-ring (bicyclic) bond motifs is 2. The van der Waals surface area contributed by atoms with Crippen LogP contribution < -0.4 is 0 Å². The third-order valence-electron chi connectivity index (χ3n) is 2.25. The van der Waals surface area contributed by atoms with Crippen molar-refractivity contribution in [2.75, 3.05) is 0 Å². The van der Waals surface area contributed by atoms with Gasteiger partial charge in [-0.3, -0.25) is 0 Å². The Labute approximate surface area is 77.5 Å². The zero-order chi connectivity index (χ0) is 9.40. The molecular formula is C11H24O. The van der Waals surface area contributed by atoms with Gasteiger partial charge < -0.3 is 4.74 Å². The van der Waals surface area contributed by atoms with E-state index in [1.165, 1.54) is 32.1 Å². The van der Waals surface area contributed by atoms with Gasteiger partial charge in [-0.15, -0.1) is 0 Å². The largest absolute Gasteiger partial charge is 0.375 e. The van der Waals surface area contributed by atoms with Gasteiger partial charge in [-0.25, -0.2) is 0 Å². The van der Waals surface area contributed by atoms with Gasteiger partial charge in [-0.2, -0.15) is 0 Å². The van der Waals surface area contributed by atoms with Crippen molar-refractivity contribution < 1.29 is 4.74 Å². The molecule has 0 aromatic rings. The number of rotatable bonds is 0. The summed E-state index contributed by atoms with van der Waals surface area (Å²) in [5, 5.41) is 0. The van der Waals surface area contributed by atoms with Crippen molar-refractivity contribution >= 4 is 0 Å². The van der Waals surface area contributed by atoms with Crippen molar-refractivity contribution in [3.63, 3.8) is 0 Å².